The highest BCUT2D eigenvalue weighted by molar-refractivity contribution is 5.76. The lowest BCUT2D eigenvalue weighted by molar-refractivity contribution is -0.302. The maximum Gasteiger partial charge on any atom is 0.220 e. The van der Waals surface area contributed by atoms with Crippen molar-refractivity contribution in [2.24, 2.45) is 0 Å². The predicted octanol–water partition coefficient (Wildman–Crippen LogP) is 6.61. The first-order chi connectivity index (χ1) is 22.8. The number of aliphatic hydroxyl groups excluding tert-OH is 5. The molecule has 0 spiro atoms. The molecule has 1 heterocycles. The van der Waals surface area contributed by atoms with E-state index in [1.165, 1.54) is 89.9 Å². The summed E-state index contributed by atoms with van der Waals surface area (Å²) in [7, 11) is 0. The van der Waals surface area contributed by atoms with E-state index in [4.69, 9.17) is 9.47 Å². The molecule has 1 saturated heterocycles. The van der Waals surface area contributed by atoms with Gasteiger partial charge in [0.25, 0.3) is 0 Å². The van der Waals surface area contributed by atoms with Crippen molar-refractivity contribution >= 4 is 5.91 Å². The van der Waals surface area contributed by atoms with Gasteiger partial charge in [-0.2, -0.15) is 0 Å². The summed E-state index contributed by atoms with van der Waals surface area (Å²) < 4.78 is 11.2. The minimum Gasteiger partial charge on any atom is -0.394 e. The van der Waals surface area contributed by atoms with Crippen molar-refractivity contribution in [3.8, 4) is 0 Å². The Balaban J connectivity index is 2.40. The summed E-state index contributed by atoms with van der Waals surface area (Å²) in [5.74, 6) is -0.156. The van der Waals surface area contributed by atoms with Crippen LogP contribution < -0.4 is 5.32 Å². The molecule has 1 rings (SSSR count). The number of rotatable bonds is 31. The van der Waals surface area contributed by atoms with E-state index in [2.05, 4.69) is 31.3 Å². The van der Waals surface area contributed by atoms with E-state index < -0.39 is 49.5 Å². The van der Waals surface area contributed by atoms with Crippen molar-refractivity contribution in [2.45, 2.75) is 211 Å². The van der Waals surface area contributed by atoms with E-state index in [9.17, 15) is 30.3 Å². The van der Waals surface area contributed by atoms with E-state index >= 15 is 0 Å². The van der Waals surface area contributed by atoms with Gasteiger partial charge in [0.05, 0.1) is 25.4 Å². The lowest BCUT2D eigenvalue weighted by Crippen LogP contribution is -2.60. The zero-order valence-electron chi connectivity index (χ0n) is 30.0. The van der Waals surface area contributed by atoms with Crippen LogP contribution in [0.1, 0.15) is 168 Å². The van der Waals surface area contributed by atoms with Crippen molar-refractivity contribution in [2.75, 3.05) is 13.2 Å². The molecule has 0 aromatic carbocycles. The lowest BCUT2D eigenvalue weighted by Gasteiger charge is -2.40. The van der Waals surface area contributed by atoms with Crippen LogP contribution in [0.25, 0.3) is 0 Å². The fourth-order valence-corrected chi connectivity index (χ4v) is 6.15. The summed E-state index contributed by atoms with van der Waals surface area (Å²) in [5, 5.41) is 53.9. The maximum absolute atomic E-state index is 12.9. The highest BCUT2D eigenvalue weighted by Gasteiger charge is 2.44. The highest BCUT2D eigenvalue weighted by atomic mass is 16.7. The second-order valence-electron chi connectivity index (χ2n) is 13.7. The monoisotopic (exact) mass is 672 g/mol. The average molecular weight is 672 g/mol. The Bertz CT molecular complexity index is 751. The summed E-state index contributed by atoms with van der Waals surface area (Å²) in [6.07, 6.45) is 23.6. The number of hydrogen-bond acceptors (Lipinski definition) is 8. The van der Waals surface area contributed by atoms with E-state index in [-0.39, 0.29) is 12.5 Å². The molecule has 0 radical (unpaired) electrons. The molecule has 6 N–H and O–H groups in total. The van der Waals surface area contributed by atoms with Gasteiger partial charge in [0.15, 0.2) is 6.29 Å². The van der Waals surface area contributed by atoms with E-state index in [0.717, 1.165) is 51.4 Å². The second kappa shape index (κ2) is 29.8. The van der Waals surface area contributed by atoms with Crippen LogP contribution in [0.2, 0.25) is 0 Å². The summed E-state index contributed by atoms with van der Waals surface area (Å²) >= 11 is 0. The number of amides is 1. The summed E-state index contributed by atoms with van der Waals surface area (Å²) in [4.78, 5) is 12.9. The first-order valence-corrected chi connectivity index (χ1v) is 19.4. The molecular formula is C38H73NO8. The standard InChI is InChI=1S/C38H73NO8/c1-3-5-7-9-11-13-14-15-16-17-18-20-22-24-26-28-34(42)39-31(32(41)27-25-23-21-19-12-10-8-6-4-2)30-46-38-37(45)36(44)35(43)33(29-40)47-38/h15-16,31-33,35-38,40-41,43-45H,3-14,17-30H2,1-2H3,(H,39,42)/b16-15-. The fourth-order valence-electron chi connectivity index (χ4n) is 6.15. The Labute approximate surface area is 286 Å². The van der Waals surface area contributed by atoms with Gasteiger partial charge in [0.2, 0.25) is 5.91 Å². The lowest BCUT2D eigenvalue weighted by atomic mass is 9.99. The van der Waals surface area contributed by atoms with Crippen molar-refractivity contribution in [1.29, 1.82) is 0 Å². The molecule has 0 aromatic heterocycles. The third kappa shape index (κ3) is 21.6. The molecule has 9 heteroatoms. The van der Waals surface area contributed by atoms with Crippen molar-refractivity contribution in [1.82, 2.24) is 5.32 Å². The molecule has 47 heavy (non-hydrogen) atoms. The van der Waals surface area contributed by atoms with Gasteiger partial charge in [-0.05, 0) is 38.5 Å². The highest BCUT2D eigenvalue weighted by Crippen LogP contribution is 2.23. The Kier molecular flexibility index (Phi) is 27.9. The number of allylic oxidation sites excluding steroid dienone is 2. The van der Waals surface area contributed by atoms with Gasteiger partial charge in [0, 0.05) is 6.42 Å². The van der Waals surface area contributed by atoms with Gasteiger partial charge in [-0.1, -0.05) is 135 Å². The number of nitrogens with one attached hydrogen (secondary N) is 1. The third-order valence-corrected chi connectivity index (χ3v) is 9.37. The summed E-state index contributed by atoms with van der Waals surface area (Å²) in [6.45, 7) is 3.77. The molecule has 1 aliphatic heterocycles. The Morgan fingerprint density at radius 2 is 1.19 bits per heavy atom. The van der Waals surface area contributed by atoms with Crippen LogP contribution in [0.4, 0.5) is 0 Å². The third-order valence-electron chi connectivity index (χ3n) is 9.37. The van der Waals surface area contributed by atoms with Crippen LogP contribution in [0, 0.1) is 0 Å². The van der Waals surface area contributed by atoms with Crippen LogP contribution >= 0.6 is 0 Å². The topological polar surface area (TPSA) is 149 Å². The molecular weight excluding hydrogens is 598 g/mol. The zero-order valence-corrected chi connectivity index (χ0v) is 30.0. The van der Waals surface area contributed by atoms with Crippen molar-refractivity contribution in [3.63, 3.8) is 0 Å². The van der Waals surface area contributed by atoms with Crippen LogP contribution in [0.15, 0.2) is 12.2 Å². The van der Waals surface area contributed by atoms with Gasteiger partial charge in [0.1, 0.15) is 24.4 Å². The summed E-state index contributed by atoms with van der Waals surface area (Å²) in [6, 6.07) is -0.716. The smallest absolute Gasteiger partial charge is 0.220 e. The molecule has 7 atom stereocenters. The summed E-state index contributed by atoms with van der Waals surface area (Å²) in [5.41, 5.74) is 0. The first kappa shape index (κ1) is 44.0. The number of unbranched alkanes of at least 4 members (excludes halogenated alkanes) is 19. The number of carbonyl (C=O) groups is 1. The SMILES string of the molecule is CCCCCCCC/C=C\CCCCCCCC(=O)NC(COC1OC(CO)C(O)C(O)C1O)C(O)CCCCCCCCCCC. The number of hydrogen-bond donors (Lipinski definition) is 6. The Morgan fingerprint density at radius 3 is 1.72 bits per heavy atom. The second-order valence-corrected chi connectivity index (χ2v) is 13.7. The first-order valence-electron chi connectivity index (χ1n) is 19.4. The molecule has 7 unspecified atom stereocenters. The molecule has 9 nitrogen and oxygen atoms in total. The number of aliphatic hydroxyl groups is 5. The quantitative estimate of drug-likeness (QED) is 0.0357. The van der Waals surface area contributed by atoms with E-state index in [1.54, 1.807) is 0 Å². The van der Waals surface area contributed by atoms with Gasteiger partial charge < -0.3 is 40.3 Å². The number of carbonyl (C=O) groups excluding carboxylic acids is 1. The molecule has 0 bridgehead atoms. The van der Waals surface area contributed by atoms with Gasteiger partial charge >= 0.3 is 0 Å². The van der Waals surface area contributed by atoms with E-state index in [1.807, 2.05) is 0 Å². The average Bonchev–Trinajstić information content (AvgIpc) is 3.07. The molecule has 0 saturated carbocycles. The van der Waals surface area contributed by atoms with Crippen LogP contribution in [0.5, 0.6) is 0 Å². The molecule has 1 amide bonds. The van der Waals surface area contributed by atoms with Gasteiger partial charge in [-0.25, -0.2) is 0 Å². The van der Waals surface area contributed by atoms with Crippen LogP contribution in [0.3, 0.4) is 0 Å². The van der Waals surface area contributed by atoms with Crippen LogP contribution in [-0.2, 0) is 14.3 Å². The van der Waals surface area contributed by atoms with Gasteiger partial charge in [-0.15, -0.1) is 0 Å². The molecule has 1 aliphatic rings. The van der Waals surface area contributed by atoms with Crippen molar-refractivity contribution < 1.29 is 39.8 Å². The van der Waals surface area contributed by atoms with E-state index in [0.29, 0.717) is 12.8 Å². The maximum atomic E-state index is 12.9. The zero-order chi connectivity index (χ0) is 34.5. The molecule has 0 aromatic rings. The normalized spacial score (nSPS) is 22.9. The molecule has 0 aliphatic carbocycles. The number of ether oxygens (including phenoxy) is 2. The fraction of sp³-hybridized carbons (Fsp3) is 0.921. The van der Waals surface area contributed by atoms with Gasteiger partial charge in [-0.3, -0.25) is 4.79 Å². The Morgan fingerprint density at radius 1 is 0.702 bits per heavy atom. The minimum atomic E-state index is -1.55. The Hall–Kier alpha value is -1.07. The minimum absolute atomic E-state index is 0.139. The van der Waals surface area contributed by atoms with Crippen molar-refractivity contribution in [3.05, 3.63) is 12.2 Å². The predicted molar refractivity (Wildman–Crippen MR) is 189 cm³/mol. The largest absolute Gasteiger partial charge is 0.394 e. The molecule has 1 fully saturated rings. The van der Waals surface area contributed by atoms with Crippen LogP contribution in [-0.4, -0.2) is 87.5 Å². The molecule has 278 valence electrons.